The first kappa shape index (κ1) is 16.4. The molecule has 2 atom stereocenters. The number of likely N-dealkylation sites (N-methyl/N-ethyl adjacent to an activating group) is 1. The molecule has 1 saturated heterocycles. The van der Waals surface area contributed by atoms with Crippen molar-refractivity contribution in [1.82, 2.24) is 9.88 Å². The monoisotopic (exact) mass is 356 g/mol. The predicted octanol–water partition coefficient (Wildman–Crippen LogP) is 0.771. The van der Waals surface area contributed by atoms with Crippen LogP contribution in [0.5, 0.6) is 0 Å². The molecule has 2 N–H and O–H groups in total. The van der Waals surface area contributed by atoms with Gasteiger partial charge in [0.2, 0.25) is 0 Å². The van der Waals surface area contributed by atoms with Crippen molar-refractivity contribution in [2.75, 3.05) is 18.6 Å². The predicted molar refractivity (Wildman–Crippen MR) is 89.5 cm³/mol. The minimum Gasteiger partial charge on any atom is -0.390 e. The van der Waals surface area contributed by atoms with E-state index in [2.05, 4.69) is 4.98 Å². The Hall–Kier alpha value is -1.41. The van der Waals surface area contributed by atoms with Crippen LogP contribution in [0.25, 0.3) is 10.9 Å². The summed E-state index contributed by atoms with van der Waals surface area (Å²) in [5.74, 6) is -0.285. The highest BCUT2D eigenvalue weighted by Crippen LogP contribution is 2.20. The molecule has 0 aliphatic carbocycles. The second kappa shape index (κ2) is 5.90. The summed E-state index contributed by atoms with van der Waals surface area (Å²) in [4.78, 5) is 17.1. The van der Waals surface area contributed by atoms with Gasteiger partial charge in [0, 0.05) is 34.2 Å². The van der Waals surface area contributed by atoms with Gasteiger partial charge in [-0.25, -0.2) is 8.42 Å². The first-order chi connectivity index (χ1) is 10.7. The summed E-state index contributed by atoms with van der Waals surface area (Å²) in [6.07, 6.45) is -0.906. The van der Waals surface area contributed by atoms with Gasteiger partial charge in [-0.15, -0.1) is 0 Å². The third kappa shape index (κ3) is 3.42. The molecule has 1 aliphatic rings. The highest BCUT2D eigenvalue weighted by atomic mass is 35.5. The fraction of sp³-hybridized carbons (Fsp3) is 0.400. The Labute approximate surface area is 138 Å². The normalized spacial score (nSPS) is 23.7. The van der Waals surface area contributed by atoms with Crippen LogP contribution in [0, 0.1) is 0 Å². The number of rotatable bonds is 3. The van der Waals surface area contributed by atoms with E-state index in [1.54, 1.807) is 30.1 Å². The Bertz CT molecular complexity index is 909. The van der Waals surface area contributed by atoms with Crippen molar-refractivity contribution in [2.45, 2.75) is 18.7 Å². The van der Waals surface area contributed by atoms with Gasteiger partial charge in [-0.3, -0.25) is 9.69 Å². The Morgan fingerprint density at radius 3 is 2.74 bits per heavy atom. The van der Waals surface area contributed by atoms with Gasteiger partial charge in [-0.05, 0) is 25.2 Å². The van der Waals surface area contributed by atoms with E-state index in [0.29, 0.717) is 28.2 Å². The van der Waals surface area contributed by atoms with E-state index in [-0.39, 0.29) is 16.9 Å². The van der Waals surface area contributed by atoms with Gasteiger partial charge in [0.25, 0.3) is 0 Å². The Balaban J connectivity index is 1.87. The molecule has 1 aliphatic heterocycles. The maximum Gasteiger partial charge on any atom is 0.189 e. The molecule has 124 valence electrons. The minimum absolute atomic E-state index is 0.0713. The Morgan fingerprint density at radius 2 is 2.09 bits per heavy atom. The quantitative estimate of drug-likeness (QED) is 0.847. The Kier molecular flexibility index (Phi) is 4.22. The lowest BCUT2D eigenvalue weighted by atomic mass is 10.1. The van der Waals surface area contributed by atoms with Crippen LogP contribution in [-0.4, -0.2) is 54.1 Å². The smallest absolute Gasteiger partial charge is 0.189 e. The molecule has 3 rings (SSSR count). The third-order valence-corrected chi connectivity index (χ3v) is 6.06. The van der Waals surface area contributed by atoms with E-state index < -0.39 is 22.0 Å². The number of nitrogens with zero attached hydrogens (tertiary/aromatic N) is 1. The summed E-state index contributed by atoms with van der Waals surface area (Å²) < 4.78 is 23.2. The number of aliphatic hydroxyl groups is 1. The SMILES string of the molecule is CN(Cc1cc(=O)c2cc(Cl)ccc2[nH]1)[C@@H]1CS(=O)(=O)C[C@H]1O. The maximum atomic E-state index is 12.2. The largest absolute Gasteiger partial charge is 0.390 e. The van der Waals surface area contributed by atoms with Crippen LogP contribution in [0.15, 0.2) is 29.1 Å². The summed E-state index contributed by atoms with van der Waals surface area (Å²) >= 11 is 5.90. The van der Waals surface area contributed by atoms with Gasteiger partial charge in [-0.2, -0.15) is 0 Å². The number of hydrogen-bond acceptors (Lipinski definition) is 5. The van der Waals surface area contributed by atoms with Crippen LogP contribution in [-0.2, 0) is 16.4 Å². The van der Waals surface area contributed by atoms with Crippen molar-refractivity contribution in [1.29, 1.82) is 0 Å². The van der Waals surface area contributed by atoms with Crippen LogP contribution >= 0.6 is 11.6 Å². The van der Waals surface area contributed by atoms with Crippen LogP contribution in [0.2, 0.25) is 5.02 Å². The lowest BCUT2D eigenvalue weighted by Crippen LogP contribution is -2.40. The van der Waals surface area contributed by atoms with Crippen LogP contribution in [0.3, 0.4) is 0 Å². The number of H-pyrrole nitrogens is 1. The molecule has 1 fully saturated rings. The van der Waals surface area contributed by atoms with E-state index in [1.807, 2.05) is 0 Å². The standard InChI is InChI=1S/C15H17ClN2O4S/c1-18(13-7-23(21,22)8-15(13)20)6-10-5-14(19)11-4-9(16)2-3-12(11)17-10/h2-5,13,15,20H,6-8H2,1H3,(H,17,19)/t13-,15-/m1/s1. The van der Waals surface area contributed by atoms with E-state index in [4.69, 9.17) is 11.6 Å². The second-order valence-corrected chi connectivity index (χ2v) is 8.57. The molecule has 0 unspecified atom stereocenters. The topological polar surface area (TPSA) is 90.5 Å². The van der Waals surface area contributed by atoms with Crippen molar-refractivity contribution < 1.29 is 13.5 Å². The first-order valence-corrected chi connectivity index (χ1v) is 9.35. The van der Waals surface area contributed by atoms with Gasteiger partial charge in [0.1, 0.15) is 0 Å². The van der Waals surface area contributed by atoms with Crippen molar-refractivity contribution >= 4 is 32.3 Å². The number of hydrogen-bond donors (Lipinski definition) is 2. The summed E-state index contributed by atoms with van der Waals surface area (Å²) in [6, 6.07) is 6.05. The number of nitrogens with one attached hydrogen (secondary N) is 1. The zero-order valence-electron chi connectivity index (χ0n) is 12.5. The zero-order chi connectivity index (χ0) is 16.8. The second-order valence-electron chi connectivity index (χ2n) is 5.98. The van der Waals surface area contributed by atoms with Crippen LogP contribution in [0.1, 0.15) is 5.69 Å². The molecule has 23 heavy (non-hydrogen) atoms. The molecule has 8 heteroatoms. The van der Waals surface area contributed by atoms with Gasteiger partial charge < -0.3 is 10.1 Å². The van der Waals surface area contributed by atoms with E-state index in [1.165, 1.54) is 6.07 Å². The fourth-order valence-electron chi connectivity index (χ4n) is 2.98. The average Bonchev–Trinajstić information content (AvgIpc) is 2.73. The molecular weight excluding hydrogens is 340 g/mol. The van der Waals surface area contributed by atoms with Gasteiger partial charge in [-0.1, -0.05) is 11.6 Å². The molecule has 0 spiro atoms. The summed E-state index contributed by atoms with van der Waals surface area (Å²) in [7, 11) is -1.47. The number of aromatic amines is 1. The highest BCUT2D eigenvalue weighted by molar-refractivity contribution is 7.91. The summed E-state index contributed by atoms with van der Waals surface area (Å²) in [6.45, 7) is 0.338. The van der Waals surface area contributed by atoms with E-state index >= 15 is 0 Å². The molecule has 0 radical (unpaired) electrons. The third-order valence-electron chi connectivity index (χ3n) is 4.13. The first-order valence-electron chi connectivity index (χ1n) is 7.15. The minimum atomic E-state index is -3.21. The average molecular weight is 357 g/mol. The Morgan fingerprint density at radius 1 is 1.35 bits per heavy atom. The number of sulfone groups is 1. The van der Waals surface area contributed by atoms with Crippen LogP contribution < -0.4 is 5.43 Å². The summed E-state index contributed by atoms with van der Waals surface area (Å²) in [5.41, 5.74) is 1.18. The highest BCUT2D eigenvalue weighted by Gasteiger charge is 2.38. The van der Waals surface area contributed by atoms with Crippen molar-refractivity contribution in [3.63, 3.8) is 0 Å². The number of fused-ring (bicyclic) bond motifs is 1. The van der Waals surface area contributed by atoms with E-state index in [0.717, 1.165) is 0 Å². The molecule has 2 aromatic rings. The lowest BCUT2D eigenvalue weighted by molar-refractivity contribution is 0.0951. The fourth-order valence-corrected chi connectivity index (χ4v) is 5.02. The van der Waals surface area contributed by atoms with E-state index in [9.17, 15) is 18.3 Å². The van der Waals surface area contributed by atoms with Crippen molar-refractivity contribution in [3.05, 3.63) is 45.2 Å². The number of pyridine rings is 1. The molecule has 1 aromatic carbocycles. The number of halogens is 1. The molecule has 1 aromatic heterocycles. The number of benzene rings is 1. The molecule has 2 heterocycles. The maximum absolute atomic E-state index is 12.2. The van der Waals surface area contributed by atoms with Crippen molar-refractivity contribution in [2.24, 2.45) is 0 Å². The number of aliphatic hydroxyl groups excluding tert-OH is 1. The lowest BCUT2D eigenvalue weighted by Gasteiger charge is -2.25. The summed E-state index contributed by atoms with van der Waals surface area (Å²) in [5, 5.41) is 10.9. The number of aromatic nitrogens is 1. The van der Waals surface area contributed by atoms with Gasteiger partial charge >= 0.3 is 0 Å². The zero-order valence-corrected chi connectivity index (χ0v) is 14.1. The molecule has 0 amide bonds. The van der Waals surface area contributed by atoms with Crippen LogP contribution in [0.4, 0.5) is 0 Å². The molecule has 0 saturated carbocycles. The molecule has 6 nitrogen and oxygen atoms in total. The van der Waals surface area contributed by atoms with Crippen molar-refractivity contribution in [3.8, 4) is 0 Å². The van der Waals surface area contributed by atoms with Gasteiger partial charge in [0.05, 0.1) is 23.7 Å². The van der Waals surface area contributed by atoms with Gasteiger partial charge in [0.15, 0.2) is 15.3 Å². The molecular formula is C15H17ClN2O4S. The molecule has 0 bridgehead atoms.